The third-order valence-electron chi connectivity index (χ3n) is 3.73. The van der Waals surface area contributed by atoms with E-state index in [9.17, 15) is 9.59 Å². The van der Waals surface area contributed by atoms with E-state index in [-0.39, 0.29) is 11.8 Å². The second-order valence-corrected chi connectivity index (χ2v) is 4.74. The average Bonchev–Trinajstić information content (AvgIpc) is 2.22. The lowest BCUT2D eigenvalue weighted by atomic mass is 9.69. The van der Waals surface area contributed by atoms with E-state index in [1.165, 1.54) is 26.2 Å². The van der Waals surface area contributed by atoms with Crippen LogP contribution in [0, 0.1) is 11.8 Å². The molecule has 0 spiro atoms. The Hall–Kier alpha value is -0.860. The molecule has 0 aromatic heterocycles. The van der Waals surface area contributed by atoms with Crippen LogP contribution in [-0.2, 0) is 14.3 Å². The topological polar surface area (TPSA) is 43.4 Å². The number of carbonyl (C=O) groups is 2. The van der Waals surface area contributed by atoms with E-state index in [1.54, 1.807) is 0 Å². The molecule has 0 unspecified atom stereocenters. The highest BCUT2D eigenvalue weighted by Gasteiger charge is 2.41. The smallest absolute Gasteiger partial charge is 0.303 e. The van der Waals surface area contributed by atoms with Crippen LogP contribution in [0.5, 0.6) is 0 Å². The van der Waals surface area contributed by atoms with Crippen molar-refractivity contribution in [2.75, 3.05) is 0 Å². The summed E-state index contributed by atoms with van der Waals surface area (Å²) in [6, 6.07) is 0. The van der Waals surface area contributed by atoms with Gasteiger partial charge in [-0.1, -0.05) is 19.3 Å². The zero-order chi connectivity index (χ0) is 10.8. The first-order chi connectivity index (χ1) is 7.18. The SMILES string of the molecule is CC(=O)O[C@@H]1C(=O)CC[C@@H]2CCCC[C@H]21. The van der Waals surface area contributed by atoms with Gasteiger partial charge in [0, 0.05) is 19.3 Å². The van der Waals surface area contributed by atoms with E-state index in [0.717, 1.165) is 12.8 Å². The number of ether oxygens (including phenoxy) is 1. The van der Waals surface area contributed by atoms with Crippen LogP contribution in [0.1, 0.15) is 45.4 Å². The number of fused-ring (bicyclic) bond motifs is 1. The van der Waals surface area contributed by atoms with E-state index >= 15 is 0 Å². The third kappa shape index (κ3) is 2.21. The van der Waals surface area contributed by atoms with Gasteiger partial charge in [0.25, 0.3) is 0 Å². The molecule has 3 heteroatoms. The average molecular weight is 210 g/mol. The van der Waals surface area contributed by atoms with Crippen molar-refractivity contribution in [1.29, 1.82) is 0 Å². The molecule has 15 heavy (non-hydrogen) atoms. The molecule has 0 radical (unpaired) electrons. The van der Waals surface area contributed by atoms with E-state index < -0.39 is 6.10 Å². The van der Waals surface area contributed by atoms with Crippen molar-refractivity contribution < 1.29 is 14.3 Å². The molecule has 2 fully saturated rings. The number of rotatable bonds is 1. The molecule has 0 aliphatic heterocycles. The van der Waals surface area contributed by atoms with Gasteiger partial charge >= 0.3 is 5.97 Å². The summed E-state index contributed by atoms with van der Waals surface area (Å²) >= 11 is 0. The largest absolute Gasteiger partial charge is 0.454 e. The molecule has 2 rings (SSSR count). The van der Waals surface area contributed by atoms with Crippen LogP contribution in [0.25, 0.3) is 0 Å². The number of Topliss-reactive ketones (excluding diaryl/α,β-unsaturated/α-hetero) is 1. The zero-order valence-corrected chi connectivity index (χ0v) is 9.20. The monoisotopic (exact) mass is 210 g/mol. The summed E-state index contributed by atoms with van der Waals surface area (Å²) < 4.78 is 5.18. The van der Waals surface area contributed by atoms with Crippen LogP contribution >= 0.6 is 0 Å². The fourth-order valence-electron chi connectivity index (χ4n) is 3.03. The zero-order valence-electron chi connectivity index (χ0n) is 9.20. The molecular weight excluding hydrogens is 192 g/mol. The highest BCUT2D eigenvalue weighted by Crippen LogP contribution is 2.40. The molecule has 2 aliphatic carbocycles. The minimum Gasteiger partial charge on any atom is -0.454 e. The van der Waals surface area contributed by atoms with Gasteiger partial charge in [-0.15, -0.1) is 0 Å². The van der Waals surface area contributed by atoms with Crippen molar-refractivity contribution >= 4 is 11.8 Å². The predicted molar refractivity (Wildman–Crippen MR) is 55.2 cm³/mol. The van der Waals surface area contributed by atoms with Gasteiger partial charge in [0.15, 0.2) is 11.9 Å². The van der Waals surface area contributed by atoms with Crippen molar-refractivity contribution in [3.8, 4) is 0 Å². The summed E-state index contributed by atoms with van der Waals surface area (Å²) in [5, 5.41) is 0. The minimum absolute atomic E-state index is 0.133. The van der Waals surface area contributed by atoms with Crippen LogP contribution in [0.2, 0.25) is 0 Å². The van der Waals surface area contributed by atoms with Crippen LogP contribution in [0.4, 0.5) is 0 Å². The molecule has 0 aromatic rings. The van der Waals surface area contributed by atoms with Crippen molar-refractivity contribution in [1.82, 2.24) is 0 Å². The Bertz CT molecular complexity index is 272. The van der Waals surface area contributed by atoms with Gasteiger partial charge in [-0.05, 0) is 18.8 Å². The van der Waals surface area contributed by atoms with E-state index in [2.05, 4.69) is 0 Å². The lowest BCUT2D eigenvalue weighted by molar-refractivity contribution is -0.161. The Morgan fingerprint density at radius 3 is 2.73 bits per heavy atom. The quantitative estimate of drug-likeness (QED) is 0.622. The molecular formula is C12H18O3. The Kier molecular flexibility index (Phi) is 3.08. The molecule has 0 saturated heterocycles. The first-order valence-electron chi connectivity index (χ1n) is 5.88. The molecule has 0 N–H and O–H groups in total. The molecule has 2 saturated carbocycles. The highest BCUT2D eigenvalue weighted by molar-refractivity contribution is 5.86. The van der Waals surface area contributed by atoms with E-state index in [0.29, 0.717) is 18.3 Å². The Balaban J connectivity index is 2.09. The third-order valence-corrected chi connectivity index (χ3v) is 3.73. The number of ketones is 1. The fraction of sp³-hybridized carbons (Fsp3) is 0.833. The Morgan fingerprint density at radius 2 is 2.00 bits per heavy atom. The van der Waals surface area contributed by atoms with Gasteiger partial charge in [-0.25, -0.2) is 0 Å². The first kappa shape index (κ1) is 10.7. The lowest BCUT2D eigenvalue weighted by Gasteiger charge is -2.39. The maximum atomic E-state index is 11.7. The van der Waals surface area contributed by atoms with Crippen molar-refractivity contribution in [3.05, 3.63) is 0 Å². The normalized spacial score (nSPS) is 35.8. The summed E-state index contributed by atoms with van der Waals surface area (Å²) in [7, 11) is 0. The summed E-state index contributed by atoms with van der Waals surface area (Å²) in [6.07, 6.45) is 5.86. The molecule has 0 bridgehead atoms. The predicted octanol–water partition coefficient (Wildman–Crippen LogP) is 2.09. The van der Waals surface area contributed by atoms with E-state index in [4.69, 9.17) is 4.74 Å². The molecule has 84 valence electrons. The molecule has 0 amide bonds. The van der Waals surface area contributed by atoms with Gasteiger partial charge in [0.2, 0.25) is 0 Å². The first-order valence-corrected chi connectivity index (χ1v) is 5.88. The molecule has 2 aliphatic rings. The van der Waals surface area contributed by atoms with Gasteiger partial charge in [-0.3, -0.25) is 9.59 Å². The molecule has 0 heterocycles. The lowest BCUT2D eigenvalue weighted by Crippen LogP contribution is -2.43. The van der Waals surface area contributed by atoms with E-state index in [1.807, 2.05) is 0 Å². The Labute approximate surface area is 90.2 Å². The van der Waals surface area contributed by atoms with Gasteiger partial charge < -0.3 is 4.74 Å². The summed E-state index contributed by atoms with van der Waals surface area (Å²) in [5.74, 6) is 0.734. The number of hydrogen-bond acceptors (Lipinski definition) is 3. The van der Waals surface area contributed by atoms with Crippen LogP contribution in [0.15, 0.2) is 0 Å². The molecule has 3 atom stereocenters. The van der Waals surface area contributed by atoms with Crippen LogP contribution in [0.3, 0.4) is 0 Å². The van der Waals surface area contributed by atoms with Gasteiger partial charge in [-0.2, -0.15) is 0 Å². The second kappa shape index (κ2) is 4.33. The maximum Gasteiger partial charge on any atom is 0.303 e. The molecule has 0 aromatic carbocycles. The molecule has 3 nitrogen and oxygen atoms in total. The van der Waals surface area contributed by atoms with Crippen molar-refractivity contribution in [2.24, 2.45) is 11.8 Å². The van der Waals surface area contributed by atoms with Gasteiger partial charge in [0.05, 0.1) is 0 Å². The number of carbonyl (C=O) groups excluding carboxylic acids is 2. The number of esters is 1. The van der Waals surface area contributed by atoms with Crippen molar-refractivity contribution in [2.45, 2.75) is 51.6 Å². The summed E-state index contributed by atoms with van der Waals surface area (Å²) in [4.78, 5) is 22.7. The van der Waals surface area contributed by atoms with Crippen molar-refractivity contribution in [3.63, 3.8) is 0 Å². The fourth-order valence-corrected chi connectivity index (χ4v) is 3.03. The second-order valence-electron chi connectivity index (χ2n) is 4.74. The maximum absolute atomic E-state index is 11.7. The standard InChI is InChI=1S/C12H18O3/c1-8(13)15-12-10-5-3-2-4-9(10)6-7-11(12)14/h9-10,12H,2-7H2,1H3/t9-,10+,12-/m0/s1. The Morgan fingerprint density at radius 1 is 1.27 bits per heavy atom. The van der Waals surface area contributed by atoms with Crippen LogP contribution in [-0.4, -0.2) is 17.9 Å². The highest BCUT2D eigenvalue weighted by atomic mass is 16.5. The summed E-state index contributed by atoms with van der Waals surface area (Å²) in [6.45, 7) is 1.39. The van der Waals surface area contributed by atoms with Crippen LogP contribution < -0.4 is 0 Å². The minimum atomic E-state index is -0.429. The summed E-state index contributed by atoms with van der Waals surface area (Å²) in [5.41, 5.74) is 0. The van der Waals surface area contributed by atoms with Gasteiger partial charge in [0.1, 0.15) is 0 Å². The number of hydrogen-bond donors (Lipinski definition) is 0.